The minimum absolute atomic E-state index is 0.0927. The number of fused-ring (bicyclic) bond motifs is 3. The van der Waals surface area contributed by atoms with E-state index in [9.17, 15) is 18.9 Å². The maximum absolute atomic E-state index is 12.6. The molecule has 0 saturated heterocycles. The van der Waals surface area contributed by atoms with Crippen molar-refractivity contribution in [3.8, 4) is 16.9 Å². The summed E-state index contributed by atoms with van der Waals surface area (Å²) in [6.45, 7) is 0.453. The number of carbonyl (C=O) groups excluding carboxylic acids is 1. The first kappa shape index (κ1) is 27.1. The monoisotopic (exact) mass is 555 g/mol. The largest absolute Gasteiger partial charge is 0.489 e. The zero-order chi connectivity index (χ0) is 28.1. The fourth-order valence-electron chi connectivity index (χ4n) is 4.88. The molecule has 1 unspecified atom stereocenters. The Hall–Kier alpha value is -4.43. The Morgan fingerprint density at radius 1 is 0.850 bits per heavy atom. The molecule has 40 heavy (non-hydrogen) atoms. The molecule has 1 amide bonds. The van der Waals surface area contributed by atoms with E-state index in [4.69, 9.17) is 9.47 Å². The van der Waals surface area contributed by atoms with Crippen molar-refractivity contribution in [1.29, 1.82) is 0 Å². The molecule has 1 aliphatic rings. The molecule has 0 aromatic heterocycles. The SMILES string of the molecule is CS(=O)c1ccc(COc2ccc(C[C@H](NC(=O)OCC3c4ccccc4-c4ccccc43)C(=O)O)cc2)cc1. The number of carboxylic acids is 1. The minimum Gasteiger partial charge on any atom is -0.489 e. The molecule has 7 nitrogen and oxygen atoms in total. The molecule has 204 valence electrons. The van der Waals surface area contributed by atoms with Crippen molar-refractivity contribution < 1.29 is 28.4 Å². The van der Waals surface area contributed by atoms with Crippen LogP contribution in [0.15, 0.2) is 102 Å². The summed E-state index contributed by atoms with van der Waals surface area (Å²) < 4.78 is 22.9. The number of nitrogens with one attached hydrogen (secondary N) is 1. The summed E-state index contributed by atoms with van der Waals surface area (Å²) in [5, 5.41) is 12.2. The first-order valence-corrected chi connectivity index (χ1v) is 14.4. The zero-order valence-electron chi connectivity index (χ0n) is 21.9. The third-order valence-electron chi connectivity index (χ3n) is 6.96. The van der Waals surface area contributed by atoms with Crippen LogP contribution in [0, 0.1) is 0 Å². The Morgan fingerprint density at radius 3 is 2.00 bits per heavy atom. The van der Waals surface area contributed by atoms with Crippen LogP contribution in [-0.4, -0.2) is 40.3 Å². The van der Waals surface area contributed by atoms with Crippen LogP contribution in [0.3, 0.4) is 0 Å². The van der Waals surface area contributed by atoms with Crippen molar-refractivity contribution in [2.75, 3.05) is 12.9 Å². The van der Waals surface area contributed by atoms with Gasteiger partial charge < -0.3 is 19.9 Å². The van der Waals surface area contributed by atoms with Gasteiger partial charge in [-0.15, -0.1) is 0 Å². The van der Waals surface area contributed by atoms with Crippen molar-refractivity contribution in [1.82, 2.24) is 5.32 Å². The summed E-state index contributed by atoms with van der Waals surface area (Å²) in [6.07, 6.45) is 0.956. The molecule has 2 N–H and O–H groups in total. The van der Waals surface area contributed by atoms with E-state index < -0.39 is 28.9 Å². The third kappa shape index (κ3) is 6.24. The van der Waals surface area contributed by atoms with Gasteiger partial charge in [-0.1, -0.05) is 72.8 Å². The number of hydrogen-bond donors (Lipinski definition) is 2. The van der Waals surface area contributed by atoms with E-state index in [1.807, 2.05) is 60.7 Å². The molecule has 0 heterocycles. The lowest BCUT2D eigenvalue weighted by Gasteiger charge is -2.17. The predicted octanol–water partition coefficient (Wildman–Crippen LogP) is 5.54. The molecule has 0 radical (unpaired) electrons. The molecule has 5 rings (SSSR count). The van der Waals surface area contributed by atoms with E-state index >= 15 is 0 Å². The molecule has 2 atom stereocenters. The van der Waals surface area contributed by atoms with Gasteiger partial charge in [0.15, 0.2) is 0 Å². The number of amides is 1. The molecule has 1 aliphatic carbocycles. The Balaban J connectivity index is 1.15. The van der Waals surface area contributed by atoms with Crippen LogP contribution in [0.2, 0.25) is 0 Å². The second kappa shape index (κ2) is 12.2. The van der Waals surface area contributed by atoms with E-state index in [1.54, 1.807) is 30.5 Å². The van der Waals surface area contributed by atoms with Gasteiger partial charge in [0.1, 0.15) is 25.0 Å². The lowest BCUT2D eigenvalue weighted by Crippen LogP contribution is -2.42. The molecule has 0 aliphatic heterocycles. The molecule has 0 spiro atoms. The average Bonchev–Trinajstić information content (AvgIpc) is 3.29. The second-order valence-corrected chi connectivity index (χ2v) is 11.0. The van der Waals surface area contributed by atoms with Crippen molar-refractivity contribution in [3.63, 3.8) is 0 Å². The van der Waals surface area contributed by atoms with Crippen LogP contribution in [-0.2, 0) is 33.4 Å². The van der Waals surface area contributed by atoms with E-state index in [-0.39, 0.29) is 18.9 Å². The van der Waals surface area contributed by atoms with Crippen molar-refractivity contribution in [2.24, 2.45) is 0 Å². The molecule has 0 fully saturated rings. The highest BCUT2D eigenvalue weighted by molar-refractivity contribution is 7.84. The Labute approximate surface area is 235 Å². The standard InChI is InChI=1S/C32H29NO6S/c1-40(37)24-16-12-22(13-17-24)19-38-23-14-10-21(11-15-23)18-30(31(34)35)33-32(36)39-20-29-27-8-4-2-6-25(27)26-7-3-5-9-28(26)29/h2-17,29-30H,18-20H2,1H3,(H,33,36)(H,34,35)/t30-,40?/m0/s1. The molecular weight excluding hydrogens is 526 g/mol. The molecule has 0 saturated carbocycles. The van der Waals surface area contributed by atoms with Gasteiger partial charge >= 0.3 is 12.1 Å². The van der Waals surface area contributed by atoms with Gasteiger partial charge in [-0.25, -0.2) is 9.59 Å². The quantitative estimate of drug-likeness (QED) is 0.267. The van der Waals surface area contributed by atoms with Crippen LogP contribution in [0.25, 0.3) is 11.1 Å². The van der Waals surface area contributed by atoms with Crippen LogP contribution >= 0.6 is 0 Å². The lowest BCUT2D eigenvalue weighted by atomic mass is 9.98. The summed E-state index contributed by atoms with van der Waals surface area (Å²) in [5.41, 5.74) is 6.08. The molecular formula is C32H29NO6S. The number of hydrogen-bond acceptors (Lipinski definition) is 5. The number of carboxylic acid groups (broad SMARTS) is 1. The number of carbonyl (C=O) groups is 2. The Kier molecular flexibility index (Phi) is 8.26. The highest BCUT2D eigenvalue weighted by Crippen LogP contribution is 2.44. The lowest BCUT2D eigenvalue weighted by molar-refractivity contribution is -0.139. The van der Waals surface area contributed by atoms with Gasteiger partial charge in [0, 0.05) is 34.3 Å². The van der Waals surface area contributed by atoms with E-state index in [1.165, 1.54) is 0 Å². The summed E-state index contributed by atoms with van der Waals surface area (Å²) in [5.74, 6) is -0.629. The zero-order valence-corrected chi connectivity index (χ0v) is 22.7. The molecule has 8 heteroatoms. The Morgan fingerprint density at radius 2 is 1.43 bits per heavy atom. The maximum Gasteiger partial charge on any atom is 0.407 e. The number of benzene rings is 4. The first-order valence-electron chi connectivity index (χ1n) is 12.9. The number of alkyl carbamates (subject to hydrolysis) is 1. The van der Waals surface area contributed by atoms with Crippen molar-refractivity contribution in [2.45, 2.75) is 29.9 Å². The first-order chi connectivity index (χ1) is 19.4. The highest BCUT2D eigenvalue weighted by Gasteiger charge is 2.29. The van der Waals surface area contributed by atoms with Crippen LogP contribution in [0.5, 0.6) is 5.75 Å². The maximum atomic E-state index is 12.6. The summed E-state index contributed by atoms with van der Waals surface area (Å²) >= 11 is 0. The van der Waals surface area contributed by atoms with E-state index in [0.717, 1.165) is 38.3 Å². The van der Waals surface area contributed by atoms with Crippen LogP contribution in [0.4, 0.5) is 4.79 Å². The number of ether oxygens (including phenoxy) is 2. The fourth-order valence-corrected chi connectivity index (χ4v) is 5.40. The van der Waals surface area contributed by atoms with Gasteiger partial charge in [-0.3, -0.25) is 4.21 Å². The van der Waals surface area contributed by atoms with Gasteiger partial charge in [0.2, 0.25) is 0 Å². The Bertz CT molecular complexity index is 1490. The molecule has 0 bridgehead atoms. The number of rotatable bonds is 10. The third-order valence-corrected chi connectivity index (χ3v) is 7.89. The van der Waals surface area contributed by atoms with Gasteiger partial charge in [-0.2, -0.15) is 0 Å². The normalized spacial score (nSPS) is 13.5. The van der Waals surface area contributed by atoms with Crippen LogP contribution < -0.4 is 10.1 Å². The van der Waals surface area contributed by atoms with Gasteiger partial charge in [0.25, 0.3) is 0 Å². The van der Waals surface area contributed by atoms with Crippen molar-refractivity contribution in [3.05, 3.63) is 119 Å². The molecule has 4 aromatic rings. The summed E-state index contributed by atoms with van der Waals surface area (Å²) in [6, 6.07) is 29.3. The number of aliphatic carboxylic acids is 1. The predicted molar refractivity (Wildman–Crippen MR) is 153 cm³/mol. The van der Waals surface area contributed by atoms with Crippen molar-refractivity contribution >= 4 is 22.9 Å². The summed E-state index contributed by atoms with van der Waals surface area (Å²) in [4.78, 5) is 25.3. The minimum atomic E-state index is -1.15. The highest BCUT2D eigenvalue weighted by atomic mass is 32.2. The molecule has 4 aromatic carbocycles. The average molecular weight is 556 g/mol. The van der Waals surface area contributed by atoms with Gasteiger partial charge in [0.05, 0.1) is 0 Å². The topological polar surface area (TPSA) is 102 Å². The van der Waals surface area contributed by atoms with E-state index in [2.05, 4.69) is 17.4 Å². The summed E-state index contributed by atoms with van der Waals surface area (Å²) in [7, 11) is -1.03. The smallest absolute Gasteiger partial charge is 0.407 e. The fraction of sp³-hybridized carbons (Fsp3) is 0.188. The van der Waals surface area contributed by atoms with E-state index in [0.29, 0.717) is 12.4 Å². The second-order valence-electron chi connectivity index (χ2n) is 9.60. The van der Waals surface area contributed by atoms with Crippen LogP contribution in [0.1, 0.15) is 28.2 Å². The van der Waals surface area contributed by atoms with Gasteiger partial charge in [-0.05, 0) is 57.6 Å².